The zero-order valence-corrected chi connectivity index (χ0v) is 12.8. The van der Waals surface area contributed by atoms with E-state index in [2.05, 4.69) is 4.98 Å². The number of benzene rings is 2. The van der Waals surface area contributed by atoms with Crippen LogP contribution in [0.5, 0.6) is 0 Å². The van der Waals surface area contributed by atoms with E-state index >= 15 is 0 Å². The van der Waals surface area contributed by atoms with Crippen LogP contribution in [-0.4, -0.2) is 11.0 Å². The Morgan fingerprint density at radius 1 is 1.22 bits per heavy atom. The Morgan fingerprint density at radius 3 is 2.74 bits per heavy atom. The average molecular weight is 329 g/mol. The molecule has 0 radical (unpaired) electrons. The maximum absolute atomic E-state index is 12.0. The molecular formula is C17H13ClN2O3. The Morgan fingerprint density at radius 2 is 2.00 bits per heavy atom. The van der Waals surface area contributed by atoms with Crippen molar-refractivity contribution in [3.05, 3.63) is 71.1 Å². The van der Waals surface area contributed by atoms with E-state index in [4.69, 9.17) is 26.5 Å². The van der Waals surface area contributed by atoms with E-state index in [1.807, 2.05) is 30.3 Å². The van der Waals surface area contributed by atoms with Crippen molar-refractivity contribution in [3.8, 4) is 11.5 Å². The Labute approximate surface area is 137 Å². The van der Waals surface area contributed by atoms with E-state index in [-0.39, 0.29) is 17.9 Å². The highest BCUT2D eigenvalue weighted by molar-refractivity contribution is 6.31. The number of aromatic nitrogens is 1. The third kappa shape index (κ3) is 3.52. The third-order valence-electron chi connectivity index (χ3n) is 3.16. The van der Waals surface area contributed by atoms with Crippen molar-refractivity contribution in [3.63, 3.8) is 0 Å². The lowest BCUT2D eigenvalue weighted by Crippen LogP contribution is -2.08. The summed E-state index contributed by atoms with van der Waals surface area (Å²) in [5.74, 6) is -0.0638. The van der Waals surface area contributed by atoms with E-state index in [1.165, 1.54) is 18.4 Å². The molecule has 0 unspecified atom stereocenters. The van der Waals surface area contributed by atoms with Gasteiger partial charge in [0, 0.05) is 16.3 Å². The highest BCUT2D eigenvalue weighted by Gasteiger charge is 2.13. The van der Waals surface area contributed by atoms with Crippen LogP contribution in [0.15, 0.2) is 59.2 Å². The van der Waals surface area contributed by atoms with Gasteiger partial charge in [-0.15, -0.1) is 0 Å². The number of esters is 1. The summed E-state index contributed by atoms with van der Waals surface area (Å²) in [6.45, 7) is -0.00274. The minimum atomic E-state index is -0.538. The fourth-order valence-corrected chi connectivity index (χ4v) is 2.20. The predicted octanol–water partition coefficient (Wildman–Crippen LogP) is 3.93. The molecule has 0 aliphatic rings. The molecule has 1 aromatic heterocycles. The van der Waals surface area contributed by atoms with Crippen LogP contribution in [0.3, 0.4) is 0 Å². The minimum Gasteiger partial charge on any atom is -0.455 e. The first-order chi connectivity index (χ1) is 11.1. The number of oxazole rings is 1. The van der Waals surface area contributed by atoms with Crippen LogP contribution in [0.2, 0.25) is 5.02 Å². The smallest absolute Gasteiger partial charge is 0.340 e. The van der Waals surface area contributed by atoms with Crippen LogP contribution in [-0.2, 0) is 11.3 Å². The van der Waals surface area contributed by atoms with Crippen molar-refractivity contribution in [2.24, 2.45) is 0 Å². The number of carbonyl (C=O) groups excluding carboxylic acids is 1. The molecule has 3 aromatic rings. The van der Waals surface area contributed by atoms with Crippen molar-refractivity contribution in [1.29, 1.82) is 0 Å². The predicted molar refractivity (Wildman–Crippen MR) is 86.9 cm³/mol. The van der Waals surface area contributed by atoms with Gasteiger partial charge in [0.25, 0.3) is 0 Å². The monoisotopic (exact) mass is 328 g/mol. The first-order valence-corrected chi connectivity index (χ1v) is 7.23. The van der Waals surface area contributed by atoms with Crippen LogP contribution in [0.1, 0.15) is 16.1 Å². The lowest BCUT2D eigenvalue weighted by molar-refractivity contribution is 0.0469. The van der Waals surface area contributed by atoms with Crippen LogP contribution >= 0.6 is 11.6 Å². The number of halogens is 1. The molecule has 23 heavy (non-hydrogen) atoms. The molecule has 0 amide bonds. The van der Waals surface area contributed by atoms with Gasteiger partial charge < -0.3 is 14.9 Å². The van der Waals surface area contributed by atoms with Crippen molar-refractivity contribution in [2.45, 2.75) is 6.61 Å². The maximum Gasteiger partial charge on any atom is 0.340 e. The number of nitrogens with two attached hydrogens (primary N) is 1. The quantitative estimate of drug-likeness (QED) is 0.580. The van der Waals surface area contributed by atoms with Gasteiger partial charge in [-0.1, -0.05) is 29.8 Å². The van der Waals surface area contributed by atoms with Crippen molar-refractivity contribution in [1.82, 2.24) is 4.98 Å². The fourth-order valence-electron chi connectivity index (χ4n) is 2.02. The number of rotatable bonds is 4. The molecule has 3 rings (SSSR count). The van der Waals surface area contributed by atoms with Crippen LogP contribution in [0.25, 0.3) is 11.5 Å². The standard InChI is InChI=1S/C17H13ClN2O3/c18-12-6-7-14(15(19)8-12)17(21)23-10-13-9-22-16(20-13)11-4-2-1-3-5-11/h1-9H,10,19H2. The summed E-state index contributed by atoms with van der Waals surface area (Å²) in [6, 6.07) is 14.1. The minimum absolute atomic E-state index is 0.00274. The molecule has 0 fully saturated rings. The molecule has 0 bridgehead atoms. The Hall–Kier alpha value is -2.79. The van der Waals surface area contributed by atoms with E-state index in [9.17, 15) is 4.79 Å². The SMILES string of the molecule is Nc1cc(Cl)ccc1C(=O)OCc1coc(-c2ccccc2)n1. The fraction of sp³-hybridized carbons (Fsp3) is 0.0588. The van der Waals surface area contributed by atoms with Gasteiger partial charge in [0.1, 0.15) is 18.6 Å². The molecule has 0 aliphatic carbocycles. The van der Waals surface area contributed by atoms with Gasteiger partial charge in [-0.2, -0.15) is 0 Å². The Bertz CT molecular complexity index is 831. The molecule has 2 aromatic carbocycles. The van der Waals surface area contributed by atoms with Gasteiger partial charge >= 0.3 is 5.97 Å². The van der Waals surface area contributed by atoms with Gasteiger partial charge in [-0.05, 0) is 30.3 Å². The van der Waals surface area contributed by atoms with Crippen molar-refractivity contribution < 1.29 is 13.9 Å². The largest absolute Gasteiger partial charge is 0.455 e. The van der Waals surface area contributed by atoms with Gasteiger partial charge in [-0.25, -0.2) is 9.78 Å². The first-order valence-electron chi connectivity index (χ1n) is 6.85. The number of nitrogens with zero attached hydrogens (tertiary/aromatic N) is 1. The summed E-state index contributed by atoms with van der Waals surface area (Å²) in [5, 5.41) is 0.461. The molecule has 6 heteroatoms. The maximum atomic E-state index is 12.0. The van der Waals surface area contributed by atoms with Gasteiger partial charge in [0.15, 0.2) is 0 Å². The topological polar surface area (TPSA) is 78.4 Å². The molecule has 0 saturated carbocycles. The number of carbonyl (C=O) groups is 1. The van der Waals surface area contributed by atoms with Crippen LogP contribution < -0.4 is 5.73 Å². The lowest BCUT2D eigenvalue weighted by Gasteiger charge is -2.05. The number of ether oxygens (including phenoxy) is 1. The van der Waals surface area contributed by atoms with Gasteiger partial charge in [0.2, 0.25) is 5.89 Å². The zero-order chi connectivity index (χ0) is 16.2. The van der Waals surface area contributed by atoms with E-state index in [1.54, 1.807) is 6.07 Å². The zero-order valence-electron chi connectivity index (χ0n) is 12.0. The highest BCUT2D eigenvalue weighted by Crippen LogP contribution is 2.21. The summed E-state index contributed by atoms with van der Waals surface area (Å²) in [5.41, 5.74) is 7.66. The molecular weight excluding hydrogens is 316 g/mol. The Kier molecular flexibility index (Phi) is 4.30. The molecule has 0 aliphatic heterocycles. The van der Waals surface area contributed by atoms with Gasteiger partial charge in [0.05, 0.1) is 5.56 Å². The van der Waals surface area contributed by atoms with E-state index in [0.717, 1.165) is 5.56 Å². The molecule has 2 N–H and O–H groups in total. The second kappa shape index (κ2) is 6.54. The molecule has 0 saturated heterocycles. The summed E-state index contributed by atoms with van der Waals surface area (Å²) in [4.78, 5) is 16.3. The van der Waals surface area contributed by atoms with Crippen molar-refractivity contribution in [2.75, 3.05) is 5.73 Å². The molecule has 0 spiro atoms. The number of nitrogen functional groups attached to an aromatic ring is 1. The molecule has 0 atom stereocenters. The summed E-state index contributed by atoms with van der Waals surface area (Å²) in [6.07, 6.45) is 1.46. The summed E-state index contributed by atoms with van der Waals surface area (Å²) in [7, 11) is 0. The summed E-state index contributed by atoms with van der Waals surface area (Å²) < 4.78 is 10.6. The second-order valence-electron chi connectivity index (χ2n) is 4.82. The molecule has 5 nitrogen and oxygen atoms in total. The van der Waals surface area contributed by atoms with Crippen LogP contribution in [0, 0.1) is 0 Å². The van der Waals surface area contributed by atoms with Crippen molar-refractivity contribution >= 4 is 23.3 Å². The number of hydrogen-bond acceptors (Lipinski definition) is 5. The van der Waals surface area contributed by atoms with E-state index in [0.29, 0.717) is 16.6 Å². The average Bonchev–Trinajstić information content (AvgIpc) is 3.02. The highest BCUT2D eigenvalue weighted by atomic mass is 35.5. The third-order valence-corrected chi connectivity index (χ3v) is 3.39. The number of hydrogen-bond donors (Lipinski definition) is 1. The normalized spacial score (nSPS) is 10.5. The Balaban J connectivity index is 1.67. The number of anilines is 1. The first kappa shape index (κ1) is 15.1. The van der Waals surface area contributed by atoms with E-state index < -0.39 is 5.97 Å². The van der Waals surface area contributed by atoms with Crippen LogP contribution in [0.4, 0.5) is 5.69 Å². The lowest BCUT2D eigenvalue weighted by atomic mass is 10.2. The van der Waals surface area contributed by atoms with Gasteiger partial charge in [-0.3, -0.25) is 0 Å². The second-order valence-corrected chi connectivity index (χ2v) is 5.25. The summed E-state index contributed by atoms with van der Waals surface area (Å²) >= 11 is 5.80. The molecule has 116 valence electrons. The molecule has 1 heterocycles.